The van der Waals surface area contributed by atoms with Crippen molar-refractivity contribution in [3.8, 4) is 0 Å². The Labute approximate surface area is 153 Å². The molecule has 3 aliphatic rings. The molecule has 0 radical (unpaired) electrons. The summed E-state index contributed by atoms with van der Waals surface area (Å²) in [7, 11) is 0. The molecule has 7 nitrogen and oxygen atoms in total. The van der Waals surface area contributed by atoms with E-state index in [1.54, 1.807) is 24.3 Å². The smallest absolute Gasteiger partial charge is 0.251 e. The van der Waals surface area contributed by atoms with Gasteiger partial charge in [0, 0.05) is 43.2 Å². The number of benzene rings is 1. The monoisotopic (exact) mass is 359 g/mol. The van der Waals surface area contributed by atoms with Crippen molar-refractivity contribution in [2.24, 2.45) is 0 Å². The van der Waals surface area contributed by atoms with Crippen molar-refractivity contribution in [3.05, 3.63) is 29.8 Å². The van der Waals surface area contributed by atoms with Crippen LogP contribution in [0.4, 0.5) is 5.69 Å². The van der Waals surface area contributed by atoms with Crippen LogP contribution in [-0.2, 0) is 14.3 Å². The molecular weight excluding hydrogens is 334 g/mol. The lowest BCUT2D eigenvalue weighted by molar-refractivity contribution is -0.185. The summed E-state index contributed by atoms with van der Waals surface area (Å²) in [6, 6.07) is 7.39. The number of nitrogens with zero attached hydrogens (tertiary/aromatic N) is 1. The predicted molar refractivity (Wildman–Crippen MR) is 95.9 cm³/mol. The Morgan fingerprint density at radius 3 is 2.58 bits per heavy atom. The third-order valence-corrected chi connectivity index (χ3v) is 5.12. The minimum Gasteiger partial charge on any atom is -0.349 e. The first-order valence-electron chi connectivity index (χ1n) is 9.33. The van der Waals surface area contributed by atoms with Crippen LogP contribution in [0.3, 0.4) is 0 Å². The molecule has 0 atom stereocenters. The maximum Gasteiger partial charge on any atom is 0.251 e. The van der Waals surface area contributed by atoms with Crippen molar-refractivity contribution in [1.29, 1.82) is 0 Å². The normalized spacial score (nSPS) is 22.3. The number of anilines is 1. The number of rotatable bonds is 5. The van der Waals surface area contributed by atoms with Gasteiger partial charge in [-0.3, -0.25) is 14.5 Å². The summed E-state index contributed by atoms with van der Waals surface area (Å²) < 4.78 is 11.4. The molecule has 1 saturated carbocycles. The van der Waals surface area contributed by atoms with E-state index in [1.807, 2.05) is 0 Å². The zero-order valence-corrected chi connectivity index (χ0v) is 14.8. The number of ether oxygens (including phenoxy) is 2. The fourth-order valence-electron chi connectivity index (χ4n) is 3.48. The Balaban J connectivity index is 1.27. The molecule has 2 saturated heterocycles. The molecule has 0 bridgehead atoms. The molecule has 1 aromatic carbocycles. The van der Waals surface area contributed by atoms with Gasteiger partial charge in [-0.2, -0.15) is 0 Å². The Bertz CT molecular complexity index is 673. The van der Waals surface area contributed by atoms with Crippen molar-refractivity contribution in [1.82, 2.24) is 10.2 Å². The van der Waals surface area contributed by atoms with E-state index in [9.17, 15) is 9.59 Å². The van der Waals surface area contributed by atoms with Crippen molar-refractivity contribution in [2.45, 2.75) is 37.5 Å². The van der Waals surface area contributed by atoms with Crippen LogP contribution in [-0.4, -0.2) is 61.4 Å². The first-order chi connectivity index (χ1) is 12.6. The van der Waals surface area contributed by atoms with Gasteiger partial charge < -0.3 is 20.1 Å². The zero-order chi connectivity index (χ0) is 18.0. The molecule has 1 spiro atoms. The molecule has 3 fully saturated rings. The van der Waals surface area contributed by atoms with Crippen molar-refractivity contribution in [2.75, 3.05) is 38.2 Å². The Hall–Kier alpha value is -1.96. The second-order valence-electron chi connectivity index (χ2n) is 7.26. The standard InChI is InChI=1S/C19H25N3O4/c23-17(13-22-8-6-19(7-9-22)25-10-11-26-19)20-16-3-1-2-14(12-16)18(24)21-15-4-5-15/h1-3,12,15H,4-11,13H2,(H,20,23)(H,21,24). The van der Waals surface area contributed by atoms with Crippen molar-refractivity contribution in [3.63, 3.8) is 0 Å². The SMILES string of the molecule is O=C(CN1CCC2(CC1)OCCO2)Nc1cccc(C(=O)NC2CC2)c1. The summed E-state index contributed by atoms with van der Waals surface area (Å²) >= 11 is 0. The molecular formula is C19H25N3O4. The largest absolute Gasteiger partial charge is 0.349 e. The van der Waals surface area contributed by atoms with Gasteiger partial charge in [-0.05, 0) is 31.0 Å². The fraction of sp³-hybridized carbons (Fsp3) is 0.579. The number of carbonyl (C=O) groups excluding carboxylic acids is 2. The topological polar surface area (TPSA) is 79.9 Å². The van der Waals surface area contributed by atoms with E-state index in [2.05, 4.69) is 15.5 Å². The van der Waals surface area contributed by atoms with Crippen LogP contribution < -0.4 is 10.6 Å². The molecule has 4 rings (SSSR count). The number of nitrogens with one attached hydrogen (secondary N) is 2. The third kappa shape index (κ3) is 4.23. The zero-order valence-electron chi connectivity index (χ0n) is 14.8. The number of amides is 2. The van der Waals surface area contributed by atoms with Gasteiger partial charge in [0.15, 0.2) is 5.79 Å². The van der Waals surface area contributed by atoms with Crippen molar-refractivity contribution >= 4 is 17.5 Å². The molecule has 1 aliphatic carbocycles. The third-order valence-electron chi connectivity index (χ3n) is 5.12. The van der Waals surface area contributed by atoms with E-state index in [0.29, 0.717) is 37.1 Å². The van der Waals surface area contributed by atoms with E-state index < -0.39 is 5.79 Å². The molecule has 2 heterocycles. The van der Waals surface area contributed by atoms with E-state index >= 15 is 0 Å². The highest BCUT2D eigenvalue weighted by molar-refractivity contribution is 5.97. The van der Waals surface area contributed by atoms with Crippen LogP contribution in [0, 0.1) is 0 Å². The number of carbonyl (C=O) groups is 2. The van der Waals surface area contributed by atoms with Gasteiger partial charge in [-0.25, -0.2) is 0 Å². The summed E-state index contributed by atoms with van der Waals surface area (Å²) in [5, 5.41) is 5.85. The van der Waals surface area contributed by atoms with Gasteiger partial charge >= 0.3 is 0 Å². The summed E-state index contributed by atoms with van der Waals surface area (Å²) in [6.07, 6.45) is 3.68. The maximum atomic E-state index is 12.3. The molecule has 1 aromatic rings. The quantitative estimate of drug-likeness (QED) is 0.830. The first kappa shape index (κ1) is 17.5. The minimum atomic E-state index is -0.420. The molecule has 2 aliphatic heterocycles. The van der Waals surface area contributed by atoms with Gasteiger partial charge in [0.2, 0.25) is 5.91 Å². The van der Waals surface area contributed by atoms with Crippen LogP contribution in [0.15, 0.2) is 24.3 Å². The summed E-state index contributed by atoms with van der Waals surface area (Å²) in [6.45, 7) is 3.19. The molecule has 0 aromatic heterocycles. The molecule has 26 heavy (non-hydrogen) atoms. The maximum absolute atomic E-state index is 12.3. The van der Waals surface area contributed by atoms with E-state index in [-0.39, 0.29) is 11.8 Å². The fourth-order valence-corrected chi connectivity index (χ4v) is 3.48. The molecule has 2 N–H and O–H groups in total. The highest BCUT2D eigenvalue weighted by Gasteiger charge is 2.39. The minimum absolute atomic E-state index is 0.0750. The highest BCUT2D eigenvalue weighted by atomic mass is 16.7. The van der Waals surface area contributed by atoms with Gasteiger partial charge in [-0.1, -0.05) is 6.07 Å². The number of likely N-dealkylation sites (tertiary alicyclic amines) is 1. The second-order valence-corrected chi connectivity index (χ2v) is 7.26. The molecule has 0 unspecified atom stereocenters. The van der Waals surface area contributed by atoms with Crippen LogP contribution in [0.2, 0.25) is 0 Å². The second kappa shape index (κ2) is 7.34. The van der Waals surface area contributed by atoms with Crippen LogP contribution in [0.5, 0.6) is 0 Å². The lowest BCUT2D eigenvalue weighted by atomic mass is 10.0. The van der Waals surface area contributed by atoms with Crippen LogP contribution in [0.25, 0.3) is 0 Å². The van der Waals surface area contributed by atoms with Crippen LogP contribution in [0.1, 0.15) is 36.0 Å². The van der Waals surface area contributed by atoms with Gasteiger partial charge in [0.1, 0.15) is 0 Å². The lowest BCUT2D eigenvalue weighted by Gasteiger charge is -2.37. The highest BCUT2D eigenvalue weighted by Crippen LogP contribution is 2.31. The predicted octanol–water partition coefficient (Wildman–Crippen LogP) is 1.36. The summed E-state index contributed by atoms with van der Waals surface area (Å²) in [5.41, 5.74) is 1.22. The lowest BCUT2D eigenvalue weighted by Crippen LogP contribution is -2.47. The van der Waals surface area contributed by atoms with Gasteiger partial charge in [-0.15, -0.1) is 0 Å². The van der Waals surface area contributed by atoms with Crippen molar-refractivity contribution < 1.29 is 19.1 Å². The first-order valence-corrected chi connectivity index (χ1v) is 9.33. The number of hydrogen-bond acceptors (Lipinski definition) is 5. The summed E-state index contributed by atoms with van der Waals surface area (Å²) in [4.78, 5) is 26.6. The van der Waals surface area contributed by atoms with Crippen LogP contribution >= 0.6 is 0 Å². The molecule has 7 heteroatoms. The van der Waals surface area contributed by atoms with E-state index in [4.69, 9.17) is 9.47 Å². The molecule has 140 valence electrons. The number of piperidine rings is 1. The average Bonchev–Trinajstić information content (AvgIpc) is 3.34. The van der Waals surface area contributed by atoms with E-state index in [0.717, 1.165) is 38.8 Å². The van der Waals surface area contributed by atoms with Gasteiger partial charge in [0.25, 0.3) is 5.91 Å². The number of hydrogen-bond donors (Lipinski definition) is 2. The Morgan fingerprint density at radius 1 is 1.15 bits per heavy atom. The Kier molecular flexibility index (Phi) is 4.93. The molecule has 2 amide bonds. The summed E-state index contributed by atoms with van der Waals surface area (Å²) in [5.74, 6) is -0.577. The Morgan fingerprint density at radius 2 is 1.88 bits per heavy atom. The van der Waals surface area contributed by atoms with E-state index in [1.165, 1.54) is 0 Å². The average molecular weight is 359 g/mol. The van der Waals surface area contributed by atoms with Gasteiger partial charge in [0.05, 0.1) is 19.8 Å².